The molecule has 0 spiro atoms. The molecule has 0 aliphatic carbocycles. The van der Waals surface area contributed by atoms with Crippen LogP contribution in [-0.2, 0) is 11.8 Å². The highest BCUT2D eigenvalue weighted by Gasteiger charge is 2.21. The zero-order valence-electron chi connectivity index (χ0n) is 12.2. The molecule has 4 heteroatoms. The van der Waals surface area contributed by atoms with E-state index in [0.29, 0.717) is 9.99 Å². The van der Waals surface area contributed by atoms with Crippen LogP contribution in [0.1, 0.15) is 43.4 Å². The van der Waals surface area contributed by atoms with Gasteiger partial charge in [0.1, 0.15) is 9.39 Å². The standard InChI is InChI=1S/C16H19IN2O/c1-10-6-5-7-11(8-10)9-12-18-14(16(2,3)4)13(17)15(20)19-12/h5-8H,9H2,1-4H3,(H,18,19,20). The van der Waals surface area contributed by atoms with Gasteiger partial charge in [0.05, 0.1) is 5.69 Å². The first-order valence-electron chi connectivity index (χ1n) is 6.62. The van der Waals surface area contributed by atoms with Gasteiger partial charge in [0.15, 0.2) is 0 Å². The summed E-state index contributed by atoms with van der Waals surface area (Å²) in [6.07, 6.45) is 0.650. The van der Waals surface area contributed by atoms with Crippen molar-refractivity contribution in [2.45, 2.75) is 39.5 Å². The number of hydrogen-bond donors (Lipinski definition) is 1. The molecule has 1 N–H and O–H groups in total. The smallest absolute Gasteiger partial charge is 0.264 e. The number of aryl methyl sites for hydroxylation is 1. The molecule has 2 rings (SSSR count). The van der Waals surface area contributed by atoms with Gasteiger partial charge in [-0.25, -0.2) is 4.98 Å². The summed E-state index contributed by atoms with van der Waals surface area (Å²) in [4.78, 5) is 19.6. The fourth-order valence-corrected chi connectivity index (χ4v) is 3.17. The molecule has 106 valence electrons. The van der Waals surface area contributed by atoms with Crippen molar-refractivity contribution in [1.82, 2.24) is 9.97 Å². The maximum atomic E-state index is 12.1. The molecular weight excluding hydrogens is 363 g/mol. The van der Waals surface area contributed by atoms with E-state index in [-0.39, 0.29) is 11.0 Å². The second-order valence-corrected chi connectivity index (χ2v) is 7.17. The third-order valence-electron chi connectivity index (χ3n) is 3.08. The number of hydrogen-bond acceptors (Lipinski definition) is 2. The molecule has 0 radical (unpaired) electrons. The lowest BCUT2D eigenvalue weighted by molar-refractivity contribution is 0.556. The first-order chi connectivity index (χ1) is 9.27. The monoisotopic (exact) mass is 382 g/mol. The van der Waals surface area contributed by atoms with Gasteiger partial charge in [-0.3, -0.25) is 4.79 Å². The predicted octanol–water partition coefficient (Wildman–Crippen LogP) is 3.57. The molecule has 0 aliphatic heterocycles. The summed E-state index contributed by atoms with van der Waals surface area (Å²) in [6.45, 7) is 8.29. The van der Waals surface area contributed by atoms with Crippen molar-refractivity contribution >= 4 is 22.6 Å². The van der Waals surface area contributed by atoms with Gasteiger partial charge in [0.25, 0.3) is 5.56 Å². The van der Waals surface area contributed by atoms with E-state index in [1.807, 2.05) is 6.07 Å². The average Bonchev–Trinajstić information content (AvgIpc) is 2.32. The second kappa shape index (κ2) is 5.68. The molecule has 0 unspecified atom stereocenters. The van der Waals surface area contributed by atoms with Crippen LogP contribution in [0.5, 0.6) is 0 Å². The molecule has 1 heterocycles. The van der Waals surface area contributed by atoms with Crippen molar-refractivity contribution < 1.29 is 0 Å². The van der Waals surface area contributed by atoms with Crippen molar-refractivity contribution in [3.8, 4) is 0 Å². The first kappa shape index (κ1) is 15.2. The highest BCUT2D eigenvalue weighted by molar-refractivity contribution is 14.1. The Balaban J connectivity index is 2.44. The molecule has 20 heavy (non-hydrogen) atoms. The molecule has 0 saturated heterocycles. The summed E-state index contributed by atoms with van der Waals surface area (Å²) in [5.74, 6) is 0.728. The molecule has 0 atom stereocenters. The van der Waals surface area contributed by atoms with Gasteiger partial charge in [-0.15, -0.1) is 0 Å². The number of rotatable bonds is 2. The summed E-state index contributed by atoms with van der Waals surface area (Å²) in [5.41, 5.74) is 3.06. The minimum Gasteiger partial charge on any atom is -0.309 e. The van der Waals surface area contributed by atoms with Gasteiger partial charge in [0, 0.05) is 11.8 Å². The van der Waals surface area contributed by atoms with Gasteiger partial charge in [0.2, 0.25) is 0 Å². The molecule has 1 aromatic heterocycles. The lowest BCUT2D eigenvalue weighted by Crippen LogP contribution is -2.25. The molecule has 0 bridgehead atoms. The van der Waals surface area contributed by atoms with Crippen molar-refractivity contribution in [3.05, 3.63) is 60.8 Å². The molecular formula is C16H19IN2O. The third-order valence-corrected chi connectivity index (χ3v) is 4.08. The first-order valence-corrected chi connectivity index (χ1v) is 7.70. The number of H-pyrrole nitrogens is 1. The SMILES string of the molecule is Cc1cccc(Cc2nc(C(C)(C)C)c(I)c(=O)[nH]2)c1. The van der Waals surface area contributed by atoms with Gasteiger partial charge in [-0.05, 0) is 35.1 Å². The molecule has 0 aliphatic rings. The van der Waals surface area contributed by atoms with E-state index in [1.165, 1.54) is 5.56 Å². The summed E-state index contributed by atoms with van der Waals surface area (Å²) in [7, 11) is 0. The lowest BCUT2D eigenvalue weighted by Gasteiger charge is -2.19. The van der Waals surface area contributed by atoms with Gasteiger partial charge < -0.3 is 4.98 Å². The van der Waals surface area contributed by atoms with Crippen LogP contribution in [0.2, 0.25) is 0 Å². The average molecular weight is 382 g/mol. The summed E-state index contributed by atoms with van der Waals surface area (Å²) >= 11 is 2.08. The van der Waals surface area contributed by atoms with E-state index in [9.17, 15) is 4.79 Å². The van der Waals surface area contributed by atoms with Crippen molar-refractivity contribution in [2.24, 2.45) is 0 Å². The molecule has 1 aromatic carbocycles. The van der Waals surface area contributed by atoms with Gasteiger partial charge >= 0.3 is 0 Å². The Morgan fingerprint density at radius 2 is 2.00 bits per heavy atom. The topological polar surface area (TPSA) is 45.8 Å². The Morgan fingerprint density at radius 3 is 2.60 bits per heavy atom. The van der Waals surface area contributed by atoms with Crippen LogP contribution >= 0.6 is 22.6 Å². The quantitative estimate of drug-likeness (QED) is 0.808. The number of aromatic amines is 1. The highest BCUT2D eigenvalue weighted by Crippen LogP contribution is 2.23. The van der Waals surface area contributed by atoms with Crippen LogP contribution in [0.3, 0.4) is 0 Å². The summed E-state index contributed by atoms with van der Waals surface area (Å²) < 4.78 is 0.683. The molecule has 2 aromatic rings. The van der Waals surface area contributed by atoms with Gasteiger partial charge in [-0.2, -0.15) is 0 Å². The fourth-order valence-electron chi connectivity index (χ4n) is 2.10. The predicted molar refractivity (Wildman–Crippen MR) is 90.3 cm³/mol. The summed E-state index contributed by atoms with van der Waals surface area (Å²) in [5, 5.41) is 0. The maximum absolute atomic E-state index is 12.1. The third kappa shape index (κ3) is 3.48. The Kier molecular flexibility index (Phi) is 4.32. The van der Waals surface area contributed by atoms with Crippen molar-refractivity contribution in [3.63, 3.8) is 0 Å². The number of benzene rings is 1. The molecule has 0 amide bonds. The van der Waals surface area contributed by atoms with Crippen molar-refractivity contribution in [2.75, 3.05) is 0 Å². The number of aromatic nitrogens is 2. The van der Waals surface area contributed by atoms with Crippen molar-refractivity contribution in [1.29, 1.82) is 0 Å². The molecule has 0 saturated carbocycles. The number of nitrogens with zero attached hydrogens (tertiary/aromatic N) is 1. The van der Waals surface area contributed by atoms with Crippen LogP contribution < -0.4 is 5.56 Å². The Morgan fingerprint density at radius 1 is 1.30 bits per heavy atom. The zero-order valence-corrected chi connectivity index (χ0v) is 14.4. The van der Waals surface area contributed by atoms with E-state index in [0.717, 1.165) is 17.1 Å². The number of halogens is 1. The molecule has 0 fully saturated rings. The second-order valence-electron chi connectivity index (χ2n) is 6.09. The fraction of sp³-hybridized carbons (Fsp3) is 0.375. The van der Waals surface area contributed by atoms with E-state index in [4.69, 9.17) is 0 Å². The summed E-state index contributed by atoms with van der Waals surface area (Å²) in [6, 6.07) is 8.27. The lowest BCUT2D eigenvalue weighted by atomic mass is 9.92. The van der Waals surface area contributed by atoms with Crippen LogP contribution in [0.25, 0.3) is 0 Å². The van der Waals surface area contributed by atoms with Crippen LogP contribution in [0.4, 0.5) is 0 Å². The van der Waals surface area contributed by atoms with E-state index < -0.39 is 0 Å². The molecule has 3 nitrogen and oxygen atoms in total. The largest absolute Gasteiger partial charge is 0.309 e. The van der Waals surface area contributed by atoms with Crippen LogP contribution in [0.15, 0.2) is 29.1 Å². The van der Waals surface area contributed by atoms with E-state index >= 15 is 0 Å². The van der Waals surface area contributed by atoms with Crippen LogP contribution in [0, 0.1) is 10.5 Å². The Hall–Kier alpha value is -1.17. The minimum absolute atomic E-state index is 0.0480. The highest BCUT2D eigenvalue weighted by atomic mass is 127. The Labute approximate surface area is 133 Å². The normalized spacial score (nSPS) is 11.7. The van der Waals surface area contributed by atoms with Gasteiger partial charge in [-0.1, -0.05) is 50.6 Å². The number of nitrogens with one attached hydrogen (secondary N) is 1. The minimum atomic E-state index is -0.133. The zero-order chi connectivity index (χ0) is 14.9. The van der Waals surface area contributed by atoms with E-state index in [2.05, 4.69) is 78.5 Å². The maximum Gasteiger partial charge on any atom is 0.264 e. The van der Waals surface area contributed by atoms with E-state index in [1.54, 1.807) is 0 Å². The van der Waals surface area contributed by atoms with Crippen LogP contribution in [-0.4, -0.2) is 9.97 Å². The Bertz CT molecular complexity index is 684.